The van der Waals surface area contributed by atoms with Gasteiger partial charge >= 0.3 is 202 Å². The topological polar surface area (TPSA) is 46.5 Å². The van der Waals surface area contributed by atoms with Crippen LogP contribution in [0.2, 0.25) is 0 Å². The third-order valence-corrected chi connectivity index (χ3v) is 11.1. The summed E-state index contributed by atoms with van der Waals surface area (Å²) in [5.41, 5.74) is 1.27. The van der Waals surface area contributed by atoms with Crippen molar-refractivity contribution in [3.8, 4) is 5.75 Å². The maximum atomic E-state index is 13.8. The summed E-state index contributed by atoms with van der Waals surface area (Å²) in [5.74, 6) is -0.0910. The minimum absolute atomic E-state index is 0.00910. The number of ketones is 1. The molecule has 1 aliphatic heterocycles. The van der Waals surface area contributed by atoms with E-state index in [9.17, 15) is 23.1 Å². The van der Waals surface area contributed by atoms with E-state index in [0.29, 0.717) is 16.9 Å². The van der Waals surface area contributed by atoms with E-state index in [1.165, 1.54) is 39.2 Å². The van der Waals surface area contributed by atoms with E-state index in [4.69, 9.17) is 4.74 Å². The van der Waals surface area contributed by atoms with E-state index in [2.05, 4.69) is 53.7 Å². The summed E-state index contributed by atoms with van der Waals surface area (Å²) in [6.45, 7) is 13.0. The van der Waals surface area contributed by atoms with E-state index >= 15 is 0 Å². The molecule has 1 N–H and O–H groups in total. The third kappa shape index (κ3) is 5.81. The Morgan fingerprint density at radius 1 is 0.810 bits per heavy atom. The number of carbonyl (C=O) groups excluding carboxylic acids is 1. The van der Waals surface area contributed by atoms with Gasteiger partial charge in [-0.3, -0.25) is 0 Å². The van der Waals surface area contributed by atoms with Crippen LogP contribution >= 0.6 is 0 Å². The van der Waals surface area contributed by atoms with Gasteiger partial charge in [-0.2, -0.15) is 13.2 Å². The van der Waals surface area contributed by atoms with Crippen molar-refractivity contribution in [1.82, 2.24) is 0 Å². The normalized spacial score (nSPS) is 17.6. The number of alkyl halides is 3. The SMILES string of the molecule is CC(C)(C)c1cc(C=C2C(=O)C(C=C3C=C(c4ccccc4C(F)(F)F)Oc4ccccc43)=C2O)cc(C(C)(C)C)[se+]1. The van der Waals surface area contributed by atoms with Crippen molar-refractivity contribution in [2.45, 2.75) is 58.5 Å². The molecule has 0 atom stereocenters. The number of hydrogen-bond donors (Lipinski definition) is 1. The Morgan fingerprint density at radius 2 is 1.38 bits per heavy atom. The molecule has 0 saturated carbocycles. The number of ether oxygens (including phenoxy) is 1. The fourth-order valence-corrected chi connectivity index (χ4v) is 7.34. The summed E-state index contributed by atoms with van der Waals surface area (Å²) in [6, 6.07) is 16.4. The number of hydrogen-bond acceptors (Lipinski definition) is 3. The number of halogens is 3. The number of fused-ring (bicyclic) bond motifs is 1. The predicted octanol–water partition coefficient (Wildman–Crippen LogP) is 8.93. The Labute approximate surface area is 250 Å². The molecule has 0 bridgehead atoms. The fourth-order valence-electron chi connectivity index (χ4n) is 4.74. The zero-order chi connectivity index (χ0) is 30.6. The van der Waals surface area contributed by atoms with Crippen molar-refractivity contribution in [3.05, 3.63) is 121 Å². The monoisotopic (exact) mass is 637 g/mol. The minimum atomic E-state index is -4.58. The van der Waals surface area contributed by atoms with Gasteiger partial charge in [-0.15, -0.1) is 0 Å². The van der Waals surface area contributed by atoms with Crippen molar-refractivity contribution >= 4 is 37.7 Å². The number of para-hydroxylation sites is 1. The molecule has 3 nitrogen and oxygen atoms in total. The Balaban J connectivity index is 1.59. The molecule has 2 aliphatic rings. The summed E-state index contributed by atoms with van der Waals surface area (Å²) >= 11 is 0.181. The molecule has 1 aliphatic carbocycles. The van der Waals surface area contributed by atoms with E-state index in [-0.39, 0.29) is 59.3 Å². The molecule has 0 unspecified atom stereocenters. The quantitative estimate of drug-likeness (QED) is 0.231. The molecular formula is C35H32F3O3Se+. The van der Waals surface area contributed by atoms with Crippen LogP contribution < -0.4 is 4.74 Å². The molecule has 7 heteroatoms. The first-order valence-corrected chi connectivity index (χ1v) is 15.3. The van der Waals surface area contributed by atoms with E-state index in [1.54, 1.807) is 30.3 Å². The zero-order valence-electron chi connectivity index (χ0n) is 24.3. The predicted molar refractivity (Wildman–Crippen MR) is 162 cm³/mol. The molecular weight excluding hydrogens is 604 g/mol. The average Bonchev–Trinajstić information content (AvgIpc) is 2.92. The number of aliphatic hydroxyl groups excluding tert-OH is 1. The molecule has 0 spiro atoms. The van der Waals surface area contributed by atoms with Crippen LogP contribution in [0.4, 0.5) is 13.2 Å². The van der Waals surface area contributed by atoms with Gasteiger partial charge in [0.2, 0.25) is 0 Å². The number of Topliss-reactive ketones (excluding diaryl/α,β-unsaturated/α-hetero) is 1. The molecule has 0 radical (unpaired) electrons. The Bertz CT molecular complexity index is 1690. The van der Waals surface area contributed by atoms with Crippen LogP contribution in [0.25, 0.3) is 17.4 Å². The van der Waals surface area contributed by atoms with Gasteiger partial charge in [0.15, 0.2) is 0 Å². The van der Waals surface area contributed by atoms with Crippen LogP contribution in [0.5, 0.6) is 5.75 Å². The molecule has 1 aromatic heterocycles. The Kier molecular flexibility index (Phi) is 7.49. The molecule has 42 heavy (non-hydrogen) atoms. The van der Waals surface area contributed by atoms with E-state index in [1.807, 2.05) is 0 Å². The van der Waals surface area contributed by atoms with Gasteiger partial charge in [0.1, 0.15) is 0 Å². The van der Waals surface area contributed by atoms with Gasteiger partial charge in [-0.05, 0) is 6.07 Å². The average molecular weight is 637 g/mol. The molecule has 5 rings (SSSR count). The number of carbonyl (C=O) groups is 1. The van der Waals surface area contributed by atoms with Gasteiger partial charge in [-0.1, -0.05) is 24.3 Å². The van der Waals surface area contributed by atoms with Gasteiger partial charge in [0.05, 0.1) is 5.56 Å². The second kappa shape index (κ2) is 10.6. The number of rotatable bonds is 3. The summed E-state index contributed by atoms with van der Waals surface area (Å²) in [4.78, 5) is 13.3. The van der Waals surface area contributed by atoms with Gasteiger partial charge < -0.3 is 0 Å². The van der Waals surface area contributed by atoms with Crippen LogP contribution in [0.3, 0.4) is 0 Å². The van der Waals surface area contributed by atoms with Crippen molar-refractivity contribution < 1.29 is 27.8 Å². The summed E-state index contributed by atoms with van der Waals surface area (Å²) in [5, 5.41) is 11.0. The second-order valence-electron chi connectivity index (χ2n) is 12.5. The standard InChI is InChI=1S/C35H31F3O3Se/c1-33(2,3)29-16-20(17-30(42-29)34(4,5)6)15-24-31(39)25(32(24)40)18-21-19-28(41-27-14-10-8-11-22(21)27)23-12-7-9-13-26(23)35(36,37)38/h7-19H,1-6H3/p+1. The Hall–Kier alpha value is -3.67. The summed E-state index contributed by atoms with van der Waals surface area (Å²) in [6.07, 6.45) is 0.155. The van der Waals surface area contributed by atoms with Gasteiger partial charge in [0.25, 0.3) is 0 Å². The molecule has 0 saturated heterocycles. The molecule has 2 aromatic carbocycles. The molecule has 0 amide bonds. The summed E-state index contributed by atoms with van der Waals surface area (Å²) in [7, 11) is 0. The first kappa shape index (κ1) is 29.8. The van der Waals surface area contributed by atoms with Crippen molar-refractivity contribution in [2.75, 3.05) is 0 Å². The molecule has 0 fully saturated rings. The molecule has 216 valence electrons. The third-order valence-electron chi connectivity index (χ3n) is 7.11. The van der Waals surface area contributed by atoms with E-state index < -0.39 is 11.7 Å². The number of aliphatic hydroxyl groups is 1. The van der Waals surface area contributed by atoms with E-state index in [0.717, 1.165) is 11.6 Å². The number of benzene rings is 2. The Morgan fingerprint density at radius 3 is 1.95 bits per heavy atom. The first-order chi connectivity index (χ1) is 19.5. The van der Waals surface area contributed by atoms with Crippen LogP contribution in [0, 0.1) is 0 Å². The second-order valence-corrected chi connectivity index (χ2v) is 14.8. The van der Waals surface area contributed by atoms with Crippen LogP contribution in [0.15, 0.2) is 89.7 Å². The number of allylic oxidation sites excluding steroid dienone is 5. The van der Waals surface area contributed by atoms with Crippen LogP contribution in [0.1, 0.15) is 72.7 Å². The van der Waals surface area contributed by atoms with Crippen LogP contribution in [-0.2, 0) is 21.8 Å². The molecule has 2 heterocycles. The van der Waals surface area contributed by atoms with Crippen molar-refractivity contribution in [1.29, 1.82) is 0 Å². The summed E-state index contributed by atoms with van der Waals surface area (Å²) < 4.78 is 49.9. The zero-order valence-corrected chi connectivity index (χ0v) is 26.0. The van der Waals surface area contributed by atoms with Crippen molar-refractivity contribution in [3.63, 3.8) is 0 Å². The fraction of sp³-hybridized carbons (Fsp3) is 0.257. The molecule has 3 aromatic rings. The van der Waals surface area contributed by atoms with Crippen molar-refractivity contribution in [2.24, 2.45) is 0 Å². The first-order valence-electron chi connectivity index (χ1n) is 13.6. The van der Waals surface area contributed by atoms with Crippen LogP contribution in [-0.4, -0.2) is 25.4 Å². The van der Waals surface area contributed by atoms with Gasteiger partial charge in [0, 0.05) is 0 Å². The maximum absolute atomic E-state index is 13.8. The van der Waals surface area contributed by atoms with Gasteiger partial charge in [-0.25, -0.2) is 0 Å².